The van der Waals surface area contributed by atoms with Gasteiger partial charge in [-0.3, -0.25) is 0 Å². The highest BCUT2D eigenvalue weighted by atomic mass is 32.1. The number of ether oxygens (including phenoxy) is 1. The Bertz CT molecular complexity index is 502. The highest BCUT2D eigenvalue weighted by Crippen LogP contribution is 2.21. The minimum Gasteiger partial charge on any atom is -0.479 e. The highest BCUT2D eigenvalue weighted by Gasteiger charge is 2.08. The van der Waals surface area contributed by atoms with Gasteiger partial charge in [0.05, 0.1) is 18.9 Å². The maximum absolute atomic E-state index is 9.91. The van der Waals surface area contributed by atoms with Crippen molar-refractivity contribution in [3.8, 4) is 5.88 Å². The molecule has 96 valence electrons. The second-order valence-corrected chi connectivity index (χ2v) is 4.53. The quantitative estimate of drug-likeness (QED) is 0.769. The predicted molar refractivity (Wildman–Crippen MR) is 73.0 cm³/mol. The molecule has 0 saturated heterocycles. The number of hydrogen-bond acceptors (Lipinski definition) is 6. The lowest BCUT2D eigenvalue weighted by Crippen LogP contribution is -2.12. The summed E-state index contributed by atoms with van der Waals surface area (Å²) in [6, 6.07) is 5.36. The van der Waals surface area contributed by atoms with Crippen LogP contribution in [0.15, 0.2) is 29.0 Å². The van der Waals surface area contributed by atoms with Gasteiger partial charge >= 0.3 is 0 Å². The van der Waals surface area contributed by atoms with E-state index in [1.165, 1.54) is 7.11 Å². The fraction of sp³-hybridized carbons (Fsp3) is 0.250. The summed E-state index contributed by atoms with van der Waals surface area (Å²) in [5.41, 5.74) is 7.06. The average molecular weight is 265 g/mol. The number of aliphatic hydroxyl groups is 1. The lowest BCUT2D eigenvalue weighted by Gasteiger charge is -2.12. The van der Waals surface area contributed by atoms with E-state index in [0.29, 0.717) is 23.9 Å². The molecule has 0 aromatic carbocycles. The van der Waals surface area contributed by atoms with E-state index in [1.807, 2.05) is 16.8 Å². The Morgan fingerprint density at radius 2 is 2.33 bits per heavy atom. The molecule has 4 N–H and O–H groups in total. The number of nitrogens with one attached hydrogen (secondary N) is 1. The zero-order valence-corrected chi connectivity index (χ0v) is 10.8. The third-order valence-electron chi connectivity index (χ3n) is 2.49. The molecule has 2 aromatic rings. The van der Waals surface area contributed by atoms with Crippen LogP contribution in [0.1, 0.15) is 11.7 Å². The van der Waals surface area contributed by atoms with E-state index in [2.05, 4.69) is 10.3 Å². The molecule has 0 aliphatic heterocycles. The standard InChI is InChI=1S/C12H15N3O2S/c1-17-12-9(13)2-3-11(15-12)14-6-10(16)8-4-5-18-7-8/h2-5,7,10,16H,6,13H2,1H3,(H,14,15). The molecule has 5 nitrogen and oxygen atoms in total. The molecule has 0 spiro atoms. The number of anilines is 2. The summed E-state index contributed by atoms with van der Waals surface area (Å²) in [6.45, 7) is 0.386. The molecule has 18 heavy (non-hydrogen) atoms. The van der Waals surface area contributed by atoms with Crippen LogP contribution < -0.4 is 15.8 Å². The smallest absolute Gasteiger partial charge is 0.238 e. The maximum atomic E-state index is 9.91. The van der Waals surface area contributed by atoms with Crippen molar-refractivity contribution in [2.45, 2.75) is 6.10 Å². The van der Waals surface area contributed by atoms with Crippen LogP contribution in [0.5, 0.6) is 5.88 Å². The fourth-order valence-electron chi connectivity index (χ4n) is 1.50. The van der Waals surface area contributed by atoms with Gasteiger partial charge in [0.2, 0.25) is 5.88 Å². The van der Waals surface area contributed by atoms with Crippen molar-refractivity contribution in [2.75, 3.05) is 24.7 Å². The van der Waals surface area contributed by atoms with Gasteiger partial charge in [0.15, 0.2) is 0 Å². The number of nitrogens with two attached hydrogens (primary N) is 1. The van der Waals surface area contributed by atoms with Crippen molar-refractivity contribution < 1.29 is 9.84 Å². The van der Waals surface area contributed by atoms with Crippen LogP contribution in [0.4, 0.5) is 11.5 Å². The third-order valence-corrected chi connectivity index (χ3v) is 3.19. The van der Waals surface area contributed by atoms with Crippen LogP contribution in [0.25, 0.3) is 0 Å². The highest BCUT2D eigenvalue weighted by molar-refractivity contribution is 7.07. The molecule has 0 amide bonds. The van der Waals surface area contributed by atoms with Crippen LogP contribution in [0, 0.1) is 0 Å². The van der Waals surface area contributed by atoms with Crippen molar-refractivity contribution >= 4 is 22.8 Å². The number of nitrogen functional groups attached to an aromatic ring is 1. The summed E-state index contributed by atoms with van der Waals surface area (Å²) in [5, 5.41) is 16.8. The van der Waals surface area contributed by atoms with E-state index in [-0.39, 0.29) is 0 Å². The Kier molecular flexibility index (Phi) is 4.01. The van der Waals surface area contributed by atoms with Gasteiger partial charge in [0.1, 0.15) is 5.82 Å². The Morgan fingerprint density at radius 1 is 1.50 bits per heavy atom. The molecule has 0 aliphatic rings. The largest absolute Gasteiger partial charge is 0.479 e. The zero-order chi connectivity index (χ0) is 13.0. The first-order chi connectivity index (χ1) is 8.70. The summed E-state index contributed by atoms with van der Waals surface area (Å²) < 4.78 is 5.03. The molecule has 0 fully saturated rings. The van der Waals surface area contributed by atoms with Crippen molar-refractivity contribution in [2.24, 2.45) is 0 Å². The lowest BCUT2D eigenvalue weighted by molar-refractivity contribution is 0.192. The first-order valence-corrected chi connectivity index (χ1v) is 6.39. The van der Waals surface area contributed by atoms with Gasteiger partial charge in [-0.05, 0) is 34.5 Å². The van der Waals surface area contributed by atoms with E-state index in [4.69, 9.17) is 10.5 Å². The summed E-state index contributed by atoms with van der Waals surface area (Å²) >= 11 is 1.56. The number of nitrogens with zero attached hydrogens (tertiary/aromatic N) is 1. The molecule has 2 aromatic heterocycles. The predicted octanol–water partition coefficient (Wildman–Crippen LogP) is 1.88. The van der Waals surface area contributed by atoms with Gasteiger partial charge in [0.25, 0.3) is 0 Å². The number of pyridine rings is 1. The zero-order valence-electron chi connectivity index (χ0n) is 9.96. The van der Waals surface area contributed by atoms with E-state index in [9.17, 15) is 5.11 Å². The molecule has 2 heterocycles. The number of hydrogen-bond donors (Lipinski definition) is 3. The molecule has 0 saturated carbocycles. The SMILES string of the molecule is COc1nc(NCC(O)c2ccsc2)ccc1N. The van der Waals surface area contributed by atoms with Gasteiger partial charge in [-0.2, -0.15) is 16.3 Å². The fourth-order valence-corrected chi connectivity index (χ4v) is 2.20. The summed E-state index contributed by atoms with van der Waals surface area (Å²) in [5.74, 6) is 1.00. The van der Waals surface area contributed by atoms with E-state index >= 15 is 0 Å². The van der Waals surface area contributed by atoms with E-state index < -0.39 is 6.10 Å². The molecule has 6 heteroatoms. The number of thiophene rings is 1. The van der Waals surface area contributed by atoms with Gasteiger partial charge < -0.3 is 20.9 Å². The van der Waals surface area contributed by atoms with Crippen LogP contribution in [0.2, 0.25) is 0 Å². The van der Waals surface area contributed by atoms with Crippen LogP contribution in [-0.2, 0) is 0 Å². The first kappa shape index (κ1) is 12.7. The average Bonchev–Trinajstić information content (AvgIpc) is 2.91. The summed E-state index contributed by atoms with van der Waals surface area (Å²) in [6.07, 6.45) is -0.554. The van der Waals surface area contributed by atoms with Crippen molar-refractivity contribution in [1.82, 2.24) is 4.98 Å². The lowest BCUT2D eigenvalue weighted by atomic mass is 10.2. The number of aliphatic hydroxyl groups excluding tert-OH is 1. The van der Waals surface area contributed by atoms with Crippen LogP contribution in [-0.4, -0.2) is 23.7 Å². The van der Waals surface area contributed by atoms with Gasteiger partial charge in [0, 0.05) is 6.54 Å². The van der Waals surface area contributed by atoms with Crippen LogP contribution >= 0.6 is 11.3 Å². The van der Waals surface area contributed by atoms with Gasteiger partial charge in [-0.1, -0.05) is 0 Å². The molecule has 0 radical (unpaired) electrons. The molecule has 0 bridgehead atoms. The Balaban J connectivity index is 1.98. The van der Waals surface area contributed by atoms with Crippen molar-refractivity contribution in [3.05, 3.63) is 34.5 Å². The molecule has 2 rings (SSSR count). The molecular formula is C12H15N3O2S. The molecule has 0 aliphatic carbocycles. The second-order valence-electron chi connectivity index (χ2n) is 3.75. The van der Waals surface area contributed by atoms with E-state index in [0.717, 1.165) is 5.56 Å². The third kappa shape index (κ3) is 2.91. The Hall–Kier alpha value is -1.79. The second kappa shape index (κ2) is 5.70. The Labute approximate surface area is 109 Å². The summed E-state index contributed by atoms with van der Waals surface area (Å²) in [4.78, 5) is 4.18. The van der Waals surface area contributed by atoms with Gasteiger partial charge in [-0.25, -0.2) is 0 Å². The minimum absolute atomic E-state index is 0.380. The van der Waals surface area contributed by atoms with Crippen molar-refractivity contribution in [1.29, 1.82) is 0 Å². The monoisotopic (exact) mass is 265 g/mol. The number of aromatic nitrogens is 1. The maximum Gasteiger partial charge on any atom is 0.238 e. The number of rotatable bonds is 5. The summed E-state index contributed by atoms with van der Waals surface area (Å²) in [7, 11) is 1.52. The molecule has 1 atom stereocenters. The topological polar surface area (TPSA) is 80.4 Å². The van der Waals surface area contributed by atoms with E-state index in [1.54, 1.807) is 23.5 Å². The van der Waals surface area contributed by atoms with Gasteiger partial charge in [-0.15, -0.1) is 0 Å². The molecule has 1 unspecified atom stereocenters. The first-order valence-electron chi connectivity index (χ1n) is 5.45. The van der Waals surface area contributed by atoms with Crippen LogP contribution in [0.3, 0.4) is 0 Å². The molecular weight excluding hydrogens is 250 g/mol. The minimum atomic E-state index is -0.554. The van der Waals surface area contributed by atoms with Crippen molar-refractivity contribution in [3.63, 3.8) is 0 Å². The number of methoxy groups -OCH3 is 1. The Morgan fingerprint density at radius 3 is 3.00 bits per heavy atom. The normalized spacial score (nSPS) is 12.1.